The van der Waals surface area contributed by atoms with E-state index in [0.29, 0.717) is 0 Å². The Kier molecular flexibility index (Phi) is 5.22. The van der Waals surface area contributed by atoms with Gasteiger partial charge in [0, 0.05) is 11.3 Å². The Morgan fingerprint density at radius 1 is 0.488 bits per heavy atom. The van der Waals surface area contributed by atoms with Gasteiger partial charge in [0.05, 0.1) is 28.6 Å². The molecule has 0 spiro atoms. The number of anilines is 6. The SMILES string of the molecule is c1ccc(-c2cc3[n+](n2-c2ccccc2)B2c4c(cccc4N3c3ccccc3)N(c3ccccc3)c3cccn32)cc1. The van der Waals surface area contributed by atoms with Crippen LogP contribution < -0.4 is 19.9 Å². The van der Waals surface area contributed by atoms with E-state index in [2.05, 4.69) is 187 Å². The lowest BCUT2D eigenvalue weighted by atomic mass is 9.63. The highest BCUT2D eigenvalue weighted by atomic mass is 15.5. The van der Waals surface area contributed by atoms with E-state index >= 15 is 0 Å². The van der Waals surface area contributed by atoms with Gasteiger partial charge in [0.25, 0.3) is 5.82 Å². The minimum atomic E-state index is -0.108. The van der Waals surface area contributed by atoms with Gasteiger partial charge in [-0.15, -0.1) is 0 Å². The molecule has 0 saturated carbocycles. The molecule has 2 aliphatic rings. The van der Waals surface area contributed by atoms with Crippen LogP contribution in [0.5, 0.6) is 0 Å². The monoisotopic (exact) mass is 552 g/mol. The minimum absolute atomic E-state index is 0.108. The van der Waals surface area contributed by atoms with E-state index in [0.717, 1.165) is 34.4 Å². The third-order valence-corrected chi connectivity index (χ3v) is 8.55. The van der Waals surface area contributed by atoms with E-state index < -0.39 is 0 Å². The summed E-state index contributed by atoms with van der Waals surface area (Å²) >= 11 is 0. The quantitative estimate of drug-likeness (QED) is 0.210. The Morgan fingerprint density at radius 3 is 1.70 bits per heavy atom. The van der Waals surface area contributed by atoms with Crippen molar-refractivity contribution in [2.24, 2.45) is 0 Å². The summed E-state index contributed by atoms with van der Waals surface area (Å²) in [5, 5.41) is 0. The fraction of sp³-hybridized carbons (Fsp3) is 0. The number of benzene rings is 5. The zero-order chi connectivity index (χ0) is 28.3. The smallest absolute Gasteiger partial charge is 0.330 e. The van der Waals surface area contributed by atoms with Crippen LogP contribution in [0.3, 0.4) is 0 Å². The average Bonchev–Trinajstić information content (AvgIpc) is 3.72. The van der Waals surface area contributed by atoms with Gasteiger partial charge >= 0.3 is 6.98 Å². The molecule has 0 saturated heterocycles. The molecule has 6 heteroatoms. The highest BCUT2D eigenvalue weighted by molar-refractivity contribution is 6.69. The number of hydrogen-bond acceptors (Lipinski definition) is 2. The second-order valence-corrected chi connectivity index (χ2v) is 10.9. The maximum atomic E-state index is 2.47. The molecule has 9 rings (SSSR count). The number of rotatable bonds is 4. The van der Waals surface area contributed by atoms with Crippen LogP contribution in [0.15, 0.2) is 164 Å². The predicted molar refractivity (Wildman–Crippen MR) is 175 cm³/mol. The normalized spacial score (nSPS) is 13.0. The summed E-state index contributed by atoms with van der Waals surface area (Å²) in [6, 6.07) is 56.3. The van der Waals surface area contributed by atoms with Crippen LogP contribution in [0.2, 0.25) is 0 Å². The number of aromatic nitrogens is 3. The third-order valence-electron chi connectivity index (χ3n) is 8.55. The molecular formula is C37H27BN5+. The van der Waals surface area contributed by atoms with E-state index in [9.17, 15) is 0 Å². The molecule has 4 heterocycles. The van der Waals surface area contributed by atoms with E-state index in [1.807, 2.05) is 0 Å². The van der Waals surface area contributed by atoms with E-state index in [1.165, 1.54) is 22.4 Å². The molecule has 0 fully saturated rings. The van der Waals surface area contributed by atoms with Gasteiger partial charge in [0.1, 0.15) is 17.2 Å². The molecule has 0 atom stereocenters. The van der Waals surface area contributed by atoms with Crippen LogP contribution in [0, 0.1) is 0 Å². The van der Waals surface area contributed by atoms with Crippen molar-refractivity contribution in [2.75, 3.05) is 9.80 Å². The summed E-state index contributed by atoms with van der Waals surface area (Å²) in [4.78, 5) is 4.80. The van der Waals surface area contributed by atoms with Gasteiger partial charge in [-0.05, 0) is 66.9 Å². The Bertz CT molecular complexity index is 2090. The van der Waals surface area contributed by atoms with E-state index in [-0.39, 0.29) is 6.98 Å². The van der Waals surface area contributed by atoms with Crippen molar-refractivity contribution in [2.45, 2.75) is 0 Å². The molecule has 0 N–H and O–H groups in total. The highest BCUT2D eigenvalue weighted by Crippen LogP contribution is 2.44. The highest BCUT2D eigenvalue weighted by Gasteiger charge is 2.53. The molecule has 5 aromatic carbocycles. The molecule has 202 valence electrons. The molecule has 5 nitrogen and oxygen atoms in total. The van der Waals surface area contributed by atoms with Crippen LogP contribution >= 0.6 is 0 Å². The van der Waals surface area contributed by atoms with Crippen LogP contribution in [0.4, 0.5) is 34.4 Å². The van der Waals surface area contributed by atoms with Crippen molar-refractivity contribution in [1.82, 2.24) is 9.16 Å². The van der Waals surface area contributed by atoms with Gasteiger partial charge in [-0.3, -0.25) is 4.90 Å². The zero-order valence-corrected chi connectivity index (χ0v) is 23.4. The zero-order valence-electron chi connectivity index (χ0n) is 23.4. The van der Waals surface area contributed by atoms with Gasteiger partial charge in [-0.1, -0.05) is 91.0 Å². The summed E-state index contributed by atoms with van der Waals surface area (Å²) < 4.78 is 7.29. The van der Waals surface area contributed by atoms with Crippen LogP contribution in [0.1, 0.15) is 0 Å². The molecule has 2 aromatic heterocycles. The molecule has 7 aromatic rings. The molecule has 0 bridgehead atoms. The maximum absolute atomic E-state index is 2.47. The van der Waals surface area contributed by atoms with Gasteiger partial charge in [-0.25, -0.2) is 0 Å². The molecule has 2 aliphatic heterocycles. The second kappa shape index (κ2) is 9.40. The summed E-state index contributed by atoms with van der Waals surface area (Å²) in [6.45, 7) is -0.108. The topological polar surface area (TPSA) is 20.2 Å². The summed E-state index contributed by atoms with van der Waals surface area (Å²) in [7, 11) is 0. The summed E-state index contributed by atoms with van der Waals surface area (Å²) in [5.41, 5.74) is 9.29. The van der Waals surface area contributed by atoms with Crippen molar-refractivity contribution in [3.05, 3.63) is 164 Å². The first-order valence-electron chi connectivity index (χ1n) is 14.7. The largest absolute Gasteiger partial charge is 0.569 e. The summed E-state index contributed by atoms with van der Waals surface area (Å²) in [6.07, 6.45) is 2.22. The lowest BCUT2D eigenvalue weighted by Crippen LogP contribution is -2.72. The maximum Gasteiger partial charge on any atom is 0.569 e. The number of nitrogens with zero attached hydrogens (tertiary/aromatic N) is 5. The molecule has 0 unspecified atom stereocenters. The molecule has 0 aliphatic carbocycles. The summed E-state index contributed by atoms with van der Waals surface area (Å²) in [5.74, 6) is 2.24. The van der Waals surface area contributed by atoms with Gasteiger partial charge < -0.3 is 4.48 Å². The van der Waals surface area contributed by atoms with Crippen molar-refractivity contribution >= 4 is 46.8 Å². The average molecular weight is 552 g/mol. The molecule has 0 amide bonds. The Hall–Kier alpha value is -5.75. The Labute approximate surface area is 250 Å². The van der Waals surface area contributed by atoms with Crippen LogP contribution in [0.25, 0.3) is 16.9 Å². The number of para-hydroxylation sites is 3. The van der Waals surface area contributed by atoms with E-state index in [1.54, 1.807) is 0 Å². The fourth-order valence-electron chi connectivity index (χ4n) is 6.82. The molecule has 43 heavy (non-hydrogen) atoms. The minimum Gasteiger partial charge on any atom is -0.330 e. The lowest BCUT2D eigenvalue weighted by molar-refractivity contribution is -0.608. The Balaban J connectivity index is 1.42. The van der Waals surface area contributed by atoms with Crippen molar-refractivity contribution in [1.29, 1.82) is 0 Å². The number of fused-ring (bicyclic) bond motifs is 4. The second-order valence-electron chi connectivity index (χ2n) is 10.9. The standard InChI is InChI=1S/C37H27BN5/c1-5-15-28(16-6-1)34-27-36-41(30-19-9-3-10-20-30)33-24-13-23-32-37(33)38(43(36)42(34)31-21-11-4-12-22-31)39-26-14-25-35(39)40(32)29-17-7-2-8-18-29/h1-27H/q+1. The van der Waals surface area contributed by atoms with Gasteiger partial charge in [-0.2, -0.15) is 14.2 Å². The Morgan fingerprint density at radius 2 is 1.05 bits per heavy atom. The van der Waals surface area contributed by atoms with Crippen LogP contribution in [-0.4, -0.2) is 16.1 Å². The first-order valence-corrected chi connectivity index (χ1v) is 14.7. The van der Waals surface area contributed by atoms with Crippen molar-refractivity contribution in [3.63, 3.8) is 0 Å². The fourth-order valence-corrected chi connectivity index (χ4v) is 6.82. The molecule has 0 radical (unpaired) electrons. The predicted octanol–water partition coefficient (Wildman–Crippen LogP) is 7.59. The lowest BCUT2D eigenvalue weighted by Gasteiger charge is -2.38. The van der Waals surface area contributed by atoms with Gasteiger partial charge in [0.15, 0.2) is 0 Å². The van der Waals surface area contributed by atoms with E-state index in [4.69, 9.17) is 0 Å². The van der Waals surface area contributed by atoms with Crippen molar-refractivity contribution in [3.8, 4) is 16.9 Å². The first kappa shape index (κ1) is 23.9. The van der Waals surface area contributed by atoms with Gasteiger partial charge in [0.2, 0.25) is 0 Å². The third kappa shape index (κ3) is 3.50. The van der Waals surface area contributed by atoms with Crippen LogP contribution in [-0.2, 0) is 0 Å². The molecular weight excluding hydrogens is 525 g/mol. The number of hydrogen-bond donors (Lipinski definition) is 0. The first-order chi connectivity index (χ1) is 21.4. The van der Waals surface area contributed by atoms with Crippen molar-refractivity contribution < 1.29 is 4.59 Å².